The number of carbonyl (C=O) groups is 1. The van der Waals surface area contributed by atoms with Crippen molar-refractivity contribution in [2.75, 3.05) is 26.3 Å². The summed E-state index contributed by atoms with van der Waals surface area (Å²) in [5, 5.41) is 3.15. The van der Waals surface area contributed by atoms with Crippen molar-refractivity contribution in [3.63, 3.8) is 0 Å². The van der Waals surface area contributed by atoms with Crippen molar-refractivity contribution in [2.45, 2.75) is 46.0 Å². The van der Waals surface area contributed by atoms with E-state index in [0.717, 1.165) is 51.9 Å². The first kappa shape index (κ1) is 14.8. The Morgan fingerprint density at radius 3 is 2.47 bits per heavy atom. The van der Waals surface area contributed by atoms with Crippen molar-refractivity contribution in [1.29, 1.82) is 0 Å². The highest BCUT2D eigenvalue weighted by molar-refractivity contribution is 5.83. The van der Waals surface area contributed by atoms with E-state index >= 15 is 0 Å². The zero-order valence-electron chi connectivity index (χ0n) is 12.3. The topological polar surface area (TPSA) is 64.4 Å². The molecule has 0 radical (unpaired) electrons. The van der Waals surface area contributed by atoms with Gasteiger partial charge in [-0.2, -0.15) is 0 Å². The molecule has 0 aromatic heterocycles. The van der Waals surface area contributed by atoms with E-state index in [-0.39, 0.29) is 16.7 Å². The molecule has 1 saturated carbocycles. The molecule has 2 aliphatic rings. The van der Waals surface area contributed by atoms with E-state index in [2.05, 4.69) is 19.2 Å². The van der Waals surface area contributed by atoms with E-state index in [9.17, 15) is 4.79 Å². The van der Waals surface area contributed by atoms with Crippen LogP contribution in [0.2, 0.25) is 0 Å². The van der Waals surface area contributed by atoms with E-state index in [1.807, 2.05) is 0 Å². The predicted octanol–water partition coefficient (Wildman–Crippen LogP) is 1.68. The van der Waals surface area contributed by atoms with Gasteiger partial charge in [0.1, 0.15) is 0 Å². The summed E-state index contributed by atoms with van der Waals surface area (Å²) in [6, 6.07) is 0. The molecular formula is C15H28N2O2. The van der Waals surface area contributed by atoms with Gasteiger partial charge in [-0.05, 0) is 37.0 Å². The highest BCUT2D eigenvalue weighted by atomic mass is 16.5. The second kappa shape index (κ2) is 5.80. The van der Waals surface area contributed by atoms with Crippen LogP contribution in [0.4, 0.5) is 0 Å². The van der Waals surface area contributed by atoms with Gasteiger partial charge in [-0.1, -0.05) is 20.3 Å². The number of ether oxygens (including phenoxy) is 1. The fourth-order valence-corrected chi connectivity index (χ4v) is 3.25. The normalized spacial score (nSPS) is 23.7. The number of hydrogen-bond donors (Lipinski definition) is 2. The maximum atomic E-state index is 12.3. The number of nitrogens with one attached hydrogen (secondary N) is 1. The number of rotatable bonds is 5. The monoisotopic (exact) mass is 268 g/mol. The standard InChI is InChI=1S/C15H28N2O2/c1-14(2,12-4-8-19-9-5-12)11-17-13(18)15(10-16)6-3-7-15/h12H,3-11,16H2,1-2H3,(H,17,18). The molecule has 0 atom stereocenters. The molecule has 1 saturated heterocycles. The highest BCUT2D eigenvalue weighted by Gasteiger charge is 2.43. The van der Waals surface area contributed by atoms with Crippen molar-refractivity contribution in [3.8, 4) is 0 Å². The Kier molecular flexibility index (Phi) is 4.51. The first-order valence-corrected chi connectivity index (χ1v) is 7.56. The predicted molar refractivity (Wildman–Crippen MR) is 75.7 cm³/mol. The maximum Gasteiger partial charge on any atom is 0.227 e. The van der Waals surface area contributed by atoms with Gasteiger partial charge in [0.05, 0.1) is 5.41 Å². The Labute approximate surface area is 116 Å². The minimum atomic E-state index is -0.258. The third kappa shape index (κ3) is 3.11. The van der Waals surface area contributed by atoms with E-state index in [4.69, 9.17) is 10.5 Å². The third-order valence-corrected chi connectivity index (χ3v) is 5.21. The summed E-state index contributed by atoms with van der Waals surface area (Å²) in [6.45, 7) is 7.44. The van der Waals surface area contributed by atoms with Crippen LogP contribution in [0.1, 0.15) is 46.0 Å². The zero-order chi connectivity index (χ0) is 13.9. The molecule has 1 aliphatic heterocycles. The lowest BCUT2D eigenvalue weighted by atomic mass is 9.67. The Hall–Kier alpha value is -0.610. The molecule has 1 aliphatic carbocycles. The molecule has 0 aromatic carbocycles. The van der Waals surface area contributed by atoms with Crippen LogP contribution in [0.5, 0.6) is 0 Å². The lowest BCUT2D eigenvalue weighted by Crippen LogP contribution is -2.52. The minimum Gasteiger partial charge on any atom is -0.381 e. The molecule has 1 heterocycles. The van der Waals surface area contributed by atoms with E-state index < -0.39 is 0 Å². The molecule has 4 heteroatoms. The molecule has 4 nitrogen and oxygen atoms in total. The van der Waals surface area contributed by atoms with E-state index in [1.54, 1.807) is 0 Å². The van der Waals surface area contributed by atoms with E-state index in [0.29, 0.717) is 12.5 Å². The Morgan fingerprint density at radius 1 is 1.37 bits per heavy atom. The average Bonchev–Trinajstić information content (AvgIpc) is 2.37. The second-order valence-corrected chi connectivity index (χ2v) is 6.90. The lowest BCUT2D eigenvalue weighted by Gasteiger charge is -2.41. The van der Waals surface area contributed by atoms with Crippen LogP contribution >= 0.6 is 0 Å². The molecule has 3 N–H and O–H groups in total. The summed E-state index contributed by atoms with van der Waals surface area (Å²) < 4.78 is 5.41. The maximum absolute atomic E-state index is 12.3. The van der Waals surface area contributed by atoms with Gasteiger partial charge >= 0.3 is 0 Å². The Balaban J connectivity index is 1.84. The Morgan fingerprint density at radius 2 is 2.00 bits per heavy atom. The molecule has 0 aromatic rings. The van der Waals surface area contributed by atoms with Crippen LogP contribution in [-0.2, 0) is 9.53 Å². The van der Waals surface area contributed by atoms with Crippen LogP contribution in [0, 0.1) is 16.7 Å². The lowest BCUT2D eigenvalue weighted by molar-refractivity contribution is -0.136. The van der Waals surface area contributed by atoms with Crippen molar-refractivity contribution < 1.29 is 9.53 Å². The summed E-state index contributed by atoms with van der Waals surface area (Å²) in [5.74, 6) is 0.804. The van der Waals surface area contributed by atoms with E-state index in [1.165, 1.54) is 0 Å². The highest BCUT2D eigenvalue weighted by Crippen LogP contribution is 2.40. The molecule has 2 fully saturated rings. The molecular weight excluding hydrogens is 240 g/mol. The zero-order valence-corrected chi connectivity index (χ0v) is 12.3. The van der Waals surface area contributed by atoms with Gasteiger partial charge < -0.3 is 15.8 Å². The molecule has 0 spiro atoms. The van der Waals surface area contributed by atoms with Crippen LogP contribution in [-0.4, -0.2) is 32.2 Å². The fourth-order valence-electron chi connectivity index (χ4n) is 3.25. The van der Waals surface area contributed by atoms with Crippen molar-refractivity contribution in [3.05, 3.63) is 0 Å². The second-order valence-electron chi connectivity index (χ2n) is 6.90. The summed E-state index contributed by atoms with van der Waals surface area (Å²) in [4.78, 5) is 12.3. The Bertz CT molecular complexity index is 313. The van der Waals surface area contributed by atoms with Gasteiger partial charge in [0.2, 0.25) is 5.91 Å². The van der Waals surface area contributed by atoms with Crippen LogP contribution in [0.3, 0.4) is 0 Å². The van der Waals surface area contributed by atoms with Crippen LogP contribution < -0.4 is 11.1 Å². The van der Waals surface area contributed by atoms with Crippen LogP contribution in [0.15, 0.2) is 0 Å². The number of nitrogens with two attached hydrogens (primary N) is 1. The quantitative estimate of drug-likeness (QED) is 0.797. The summed E-state index contributed by atoms with van der Waals surface area (Å²) >= 11 is 0. The molecule has 0 bridgehead atoms. The summed E-state index contributed by atoms with van der Waals surface area (Å²) in [5.41, 5.74) is 5.65. The van der Waals surface area contributed by atoms with Gasteiger partial charge in [-0.15, -0.1) is 0 Å². The first-order valence-electron chi connectivity index (χ1n) is 7.56. The van der Waals surface area contributed by atoms with Gasteiger partial charge in [0, 0.05) is 26.3 Å². The van der Waals surface area contributed by atoms with Gasteiger partial charge in [-0.3, -0.25) is 4.79 Å². The van der Waals surface area contributed by atoms with Gasteiger partial charge in [0.25, 0.3) is 0 Å². The smallest absolute Gasteiger partial charge is 0.227 e. The van der Waals surface area contributed by atoms with Crippen LogP contribution in [0.25, 0.3) is 0 Å². The fraction of sp³-hybridized carbons (Fsp3) is 0.933. The van der Waals surface area contributed by atoms with Crippen molar-refractivity contribution in [1.82, 2.24) is 5.32 Å². The molecule has 19 heavy (non-hydrogen) atoms. The third-order valence-electron chi connectivity index (χ3n) is 5.21. The molecule has 2 rings (SSSR count). The summed E-state index contributed by atoms with van der Waals surface area (Å²) in [6.07, 6.45) is 5.24. The number of hydrogen-bond acceptors (Lipinski definition) is 3. The molecule has 0 unspecified atom stereocenters. The molecule has 110 valence electrons. The summed E-state index contributed by atoms with van der Waals surface area (Å²) in [7, 11) is 0. The first-order chi connectivity index (χ1) is 9.00. The molecule has 1 amide bonds. The largest absolute Gasteiger partial charge is 0.381 e. The SMILES string of the molecule is CC(C)(CNC(=O)C1(CN)CCC1)C1CCOCC1. The van der Waals surface area contributed by atoms with Gasteiger partial charge in [0.15, 0.2) is 0 Å². The van der Waals surface area contributed by atoms with Gasteiger partial charge in [-0.25, -0.2) is 0 Å². The van der Waals surface area contributed by atoms with Crippen molar-refractivity contribution >= 4 is 5.91 Å². The minimum absolute atomic E-state index is 0.138. The number of carbonyl (C=O) groups excluding carboxylic acids is 1. The average molecular weight is 268 g/mol. The van der Waals surface area contributed by atoms with Crippen molar-refractivity contribution in [2.24, 2.45) is 22.5 Å². The number of amides is 1.